The van der Waals surface area contributed by atoms with Crippen molar-refractivity contribution in [3.05, 3.63) is 71.2 Å². The molecule has 0 aromatic carbocycles. The first-order chi connectivity index (χ1) is 11.5. The summed E-state index contributed by atoms with van der Waals surface area (Å²) in [6, 6.07) is 7.72. The number of amides is 1. The van der Waals surface area contributed by atoms with E-state index in [1.54, 1.807) is 24.5 Å². The van der Waals surface area contributed by atoms with Crippen LogP contribution in [0.25, 0.3) is 11.1 Å². The van der Waals surface area contributed by atoms with E-state index in [-0.39, 0.29) is 16.7 Å². The van der Waals surface area contributed by atoms with Gasteiger partial charge in [-0.25, -0.2) is 14.4 Å². The summed E-state index contributed by atoms with van der Waals surface area (Å²) in [6.07, 6.45) is 4.41. The predicted octanol–water partition coefficient (Wildman–Crippen LogP) is 3.89. The maximum absolute atomic E-state index is 12.9. The largest absolute Gasteiger partial charge is 0.305 e. The molecule has 0 radical (unpaired) electrons. The first-order valence-corrected chi connectivity index (χ1v) is 7.42. The Balaban J connectivity index is 1.92. The van der Waals surface area contributed by atoms with Gasteiger partial charge in [0.2, 0.25) is 0 Å². The molecule has 1 amide bonds. The van der Waals surface area contributed by atoms with Crippen molar-refractivity contribution in [3.63, 3.8) is 0 Å². The van der Waals surface area contributed by atoms with Crippen molar-refractivity contribution in [2.75, 3.05) is 5.32 Å². The summed E-state index contributed by atoms with van der Waals surface area (Å²) < 4.78 is 12.9. The Kier molecular flexibility index (Phi) is 4.48. The van der Waals surface area contributed by atoms with E-state index < -0.39 is 11.7 Å². The van der Waals surface area contributed by atoms with Gasteiger partial charge in [-0.05, 0) is 48.4 Å². The lowest BCUT2D eigenvalue weighted by Crippen LogP contribution is -2.15. The molecule has 120 valence electrons. The minimum absolute atomic E-state index is 0.131. The number of carbonyl (C=O) groups excluding carboxylic acids is 1. The van der Waals surface area contributed by atoms with Gasteiger partial charge in [0, 0.05) is 18.0 Å². The highest BCUT2D eigenvalue weighted by Gasteiger charge is 2.13. The molecular formula is C17H12ClFN4O. The summed E-state index contributed by atoms with van der Waals surface area (Å²) in [6.45, 7) is 1.94. The number of nitrogens with one attached hydrogen (secondary N) is 1. The molecule has 24 heavy (non-hydrogen) atoms. The monoisotopic (exact) mass is 342 g/mol. The van der Waals surface area contributed by atoms with Crippen LogP contribution in [0.5, 0.6) is 0 Å². The van der Waals surface area contributed by atoms with E-state index in [1.807, 2.05) is 13.0 Å². The maximum atomic E-state index is 12.9. The summed E-state index contributed by atoms with van der Waals surface area (Å²) in [5, 5.41) is 2.74. The van der Waals surface area contributed by atoms with Gasteiger partial charge >= 0.3 is 0 Å². The Hall–Kier alpha value is -2.86. The number of hydrogen-bond donors (Lipinski definition) is 1. The van der Waals surface area contributed by atoms with Gasteiger partial charge in [-0.1, -0.05) is 11.6 Å². The molecular weight excluding hydrogens is 331 g/mol. The van der Waals surface area contributed by atoms with Crippen molar-refractivity contribution in [3.8, 4) is 11.1 Å². The van der Waals surface area contributed by atoms with E-state index in [0.29, 0.717) is 0 Å². The van der Waals surface area contributed by atoms with Crippen LogP contribution in [-0.4, -0.2) is 20.9 Å². The molecule has 0 saturated heterocycles. The summed E-state index contributed by atoms with van der Waals surface area (Å²) in [4.78, 5) is 24.2. The maximum Gasteiger partial charge on any atom is 0.275 e. The zero-order chi connectivity index (χ0) is 17.1. The fourth-order valence-electron chi connectivity index (χ4n) is 2.17. The lowest BCUT2D eigenvalue weighted by molar-refractivity contribution is 0.102. The number of rotatable bonds is 3. The van der Waals surface area contributed by atoms with E-state index in [4.69, 9.17) is 11.6 Å². The average molecular weight is 343 g/mol. The smallest absolute Gasteiger partial charge is 0.275 e. The van der Waals surface area contributed by atoms with E-state index in [9.17, 15) is 9.18 Å². The number of pyridine rings is 3. The highest BCUT2D eigenvalue weighted by molar-refractivity contribution is 6.30. The Labute approximate surface area is 142 Å². The van der Waals surface area contributed by atoms with Crippen LogP contribution in [0.2, 0.25) is 5.15 Å². The molecule has 3 rings (SSSR count). The first-order valence-electron chi connectivity index (χ1n) is 7.04. The molecule has 3 aromatic rings. The number of carbonyl (C=O) groups is 1. The molecule has 3 aromatic heterocycles. The molecule has 0 atom stereocenters. The summed E-state index contributed by atoms with van der Waals surface area (Å²) in [5.74, 6) is -0.745. The molecule has 0 aliphatic carbocycles. The van der Waals surface area contributed by atoms with Gasteiger partial charge in [-0.2, -0.15) is 0 Å². The van der Waals surface area contributed by atoms with Gasteiger partial charge < -0.3 is 5.32 Å². The van der Waals surface area contributed by atoms with Crippen LogP contribution in [0, 0.1) is 12.7 Å². The molecule has 5 nitrogen and oxygen atoms in total. The molecule has 0 spiro atoms. The Bertz CT molecular complexity index is 899. The van der Waals surface area contributed by atoms with Crippen molar-refractivity contribution in [2.24, 2.45) is 0 Å². The fourth-order valence-corrected chi connectivity index (χ4v) is 2.37. The molecule has 0 aliphatic heterocycles. The van der Waals surface area contributed by atoms with Crippen LogP contribution in [0.15, 0.2) is 48.9 Å². The highest BCUT2D eigenvalue weighted by atomic mass is 35.5. The molecule has 0 fully saturated rings. The van der Waals surface area contributed by atoms with E-state index in [0.717, 1.165) is 22.9 Å². The summed E-state index contributed by atoms with van der Waals surface area (Å²) >= 11 is 6.04. The number of halogens is 2. The Morgan fingerprint density at radius 1 is 1.21 bits per heavy atom. The van der Waals surface area contributed by atoms with Crippen LogP contribution in [0.3, 0.4) is 0 Å². The van der Waals surface area contributed by atoms with Crippen molar-refractivity contribution in [1.82, 2.24) is 15.0 Å². The van der Waals surface area contributed by atoms with Gasteiger partial charge in [0.05, 0.1) is 6.20 Å². The Morgan fingerprint density at radius 3 is 2.75 bits per heavy atom. The lowest BCUT2D eigenvalue weighted by Gasteiger charge is -2.08. The molecule has 0 saturated carbocycles. The van der Waals surface area contributed by atoms with Crippen molar-refractivity contribution >= 4 is 23.3 Å². The lowest BCUT2D eigenvalue weighted by atomic mass is 10.0. The second kappa shape index (κ2) is 6.72. The molecule has 0 unspecified atom stereocenters. The van der Waals surface area contributed by atoms with Gasteiger partial charge in [0.15, 0.2) is 0 Å². The SMILES string of the molecule is Cc1ccncc1-c1cc(Cl)nc(C(=O)Nc2ccc(F)cn2)c1. The van der Waals surface area contributed by atoms with Crippen LogP contribution < -0.4 is 5.32 Å². The Morgan fingerprint density at radius 2 is 2.04 bits per heavy atom. The minimum Gasteiger partial charge on any atom is -0.305 e. The second-order valence-corrected chi connectivity index (χ2v) is 5.46. The van der Waals surface area contributed by atoms with Crippen LogP contribution in [0.1, 0.15) is 16.1 Å². The van der Waals surface area contributed by atoms with Gasteiger partial charge in [-0.3, -0.25) is 9.78 Å². The molecule has 0 bridgehead atoms. The number of aryl methyl sites for hydroxylation is 1. The quantitative estimate of drug-likeness (QED) is 0.733. The molecule has 7 heteroatoms. The summed E-state index contributed by atoms with van der Waals surface area (Å²) in [7, 11) is 0. The minimum atomic E-state index is -0.487. The number of nitrogens with zero attached hydrogens (tertiary/aromatic N) is 3. The number of hydrogen-bond acceptors (Lipinski definition) is 4. The zero-order valence-corrected chi connectivity index (χ0v) is 13.4. The van der Waals surface area contributed by atoms with E-state index >= 15 is 0 Å². The predicted molar refractivity (Wildman–Crippen MR) is 89.4 cm³/mol. The van der Waals surface area contributed by atoms with Crippen molar-refractivity contribution in [2.45, 2.75) is 6.92 Å². The third-order valence-corrected chi connectivity index (χ3v) is 3.54. The van der Waals surface area contributed by atoms with Crippen molar-refractivity contribution < 1.29 is 9.18 Å². The normalized spacial score (nSPS) is 10.5. The van der Waals surface area contributed by atoms with E-state index in [2.05, 4.69) is 20.3 Å². The standard InChI is InChI=1S/C17H12ClFN4O/c1-10-4-5-20-9-13(10)11-6-14(22-15(18)7-11)17(24)23-16-3-2-12(19)8-21-16/h2-9H,1H3,(H,21,23,24). The van der Waals surface area contributed by atoms with Crippen LogP contribution in [0.4, 0.5) is 10.2 Å². The molecule has 3 heterocycles. The summed E-state index contributed by atoms with van der Waals surface area (Å²) in [5.41, 5.74) is 2.72. The number of aromatic nitrogens is 3. The van der Waals surface area contributed by atoms with Crippen molar-refractivity contribution in [1.29, 1.82) is 0 Å². The molecule has 0 aliphatic rings. The zero-order valence-electron chi connectivity index (χ0n) is 12.6. The van der Waals surface area contributed by atoms with Gasteiger partial charge in [0.25, 0.3) is 5.91 Å². The van der Waals surface area contributed by atoms with Gasteiger partial charge in [0.1, 0.15) is 22.5 Å². The van der Waals surface area contributed by atoms with Crippen LogP contribution >= 0.6 is 11.6 Å². The second-order valence-electron chi connectivity index (χ2n) is 5.07. The number of anilines is 1. The van der Waals surface area contributed by atoms with E-state index in [1.165, 1.54) is 12.1 Å². The average Bonchev–Trinajstić information content (AvgIpc) is 2.57. The first kappa shape index (κ1) is 16.0. The highest BCUT2D eigenvalue weighted by Crippen LogP contribution is 2.25. The third-order valence-electron chi connectivity index (χ3n) is 3.35. The van der Waals surface area contributed by atoms with Gasteiger partial charge in [-0.15, -0.1) is 0 Å². The fraction of sp³-hybridized carbons (Fsp3) is 0.0588. The molecule has 1 N–H and O–H groups in total. The third kappa shape index (κ3) is 3.55. The van der Waals surface area contributed by atoms with Crippen LogP contribution in [-0.2, 0) is 0 Å². The topological polar surface area (TPSA) is 67.8 Å².